The van der Waals surface area contributed by atoms with Crippen LogP contribution in [0.3, 0.4) is 0 Å². The molecule has 1 aromatic rings. The van der Waals surface area contributed by atoms with Crippen LogP contribution >= 0.6 is 0 Å². The van der Waals surface area contributed by atoms with E-state index in [1.54, 1.807) is 17.9 Å². The zero-order chi connectivity index (χ0) is 18.2. The molecule has 0 N–H and O–H groups in total. The van der Waals surface area contributed by atoms with E-state index in [4.69, 9.17) is 0 Å². The first-order chi connectivity index (χ1) is 11.8. The summed E-state index contributed by atoms with van der Waals surface area (Å²) in [5.74, 6) is -0.203. The molecule has 2 fully saturated rings. The third-order valence-electron chi connectivity index (χ3n) is 5.85. The molecule has 2 aliphatic heterocycles. The van der Waals surface area contributed by atoms with Crippen molar-refractivity contribution in [1.29, 1.82) is 0 Å². The summed E-state index contributed by atoms with van der Waals surface area (Å²) in [6.07, 6.45) is 2.13. The fourth-order valence-corrected chi connectivity index (χ4v) is 3.97. The Labute approximate surface area is 148 Å². The highest BCUT2D eigenvalue weighted by molar-refractivity contribution is 5.95. The second kappa shape index (κ2) is 6.75. The molecule has 1 spiro atoms. The highest BCUT2D eigenvalue weighted by Crippen LogP contribution is 2.32. The number of likely N-dealkylation sites (N-methyl/N-ethyl adjacent to an activating group) is 1. The molecule has 0 bridgehead atoms. The van der Waals surface area contributed by atoms with Gasteiger partial charge in [-0.2, -0.15) is 0 Å². The molecular weight excluding hydrogens is 321 g/mol. The molecule has 5 nitrogen and oxygen atoms in total. The maximum absolute atomic E-state index is 13.3. The summed E-state index contributed by atoms with van der Waals surface area (Å²) in [6, 6.07) is 4.31. The van der Waals surface area contributed by atoms with Crippen LogP contribution < -0.4 is 0 Å². The minimum atomic E-state index is -0.325. The number of carbonyl (C=O) groups excluding carboxylic acids is 2. The van der Waals surface area contributed by atoms with Gasteiger partial charge in [0.05, 0.1) is 0 Å². The molecule has 3 rings (SSSR count). The number of halogens is 1. The minimum absolute atomic E-state index is 0.0473. The molecule has 1 unspecified atom stereocenters. The average molecular weight is 347 g/mol. The lowest BCUT2D eigenvalue weighted by atomic mass is 9.86. The maximum atomic E-state index is 13.3. The van der Waals surface area contributed by atoms with Gasteiger partial charge < -0.3 is 9.80 Å². The van der Waals surface area contributed by atoms with Crippen LogP contribution in [0.5, 0.6) is 0 Å². The monoisotopic (exact) mass is 347 g/mol. The van der Waals surface area contributed by atoms with Gasteiger partial charge in [-0.3, -0.25) is 14.5 Å². The predicted octanol–water partition coefficient (Wildman–Crippen LogP) is 1.90. The van der Waals surface area contributed by atoms with Gasteiger partial charge >= 0.3 is 0 Å². The number of nitrogens with zero attached hydrogens (tertiary/aromatic N) is 3. The first-order valence-corrected chi connectivity index (χ1v) is 8.83. The van der Waals surface area contributed by atoms with Crippen molar-refractivity contribution in [2.75, 3.05) is 40.3 Å². The van der Waals surface area contributed by atoms with E-state index in [1.807, 2.05) is 11.9 Å². The molecular formula is C19H26FN3O2. The summed E-state index contributed by atoms with van der Waals surface area (Å²) < 4.78 is 13.3. The first kappa shape index (κ1) is 17.9. The number of amides is 2. The number of benzene rings is 1. The van der Waals surface area contributed by atoms with Gasteiger partial charge in [0.2, 0.25) is 5.91 Å². The number of rotatable bonds is 1. The van der Waals surface area contributed by atoms with E-state index in [0.717, 1.165) is 19.4 Å². The van der Waals surface area contributed by atoms with Crippen LogP contribution in [0.1, 0.15) is 35.2 Å². The molecule has 136 valence electrons. The molecule has 0 aliphatic carbocycles. The number of carbonyl (C=O) groups is 2. The van der Waals surface area contributed by atoms with Gasteiger partial charge in [-0.05, 0) is 50.6 Å². The summed E-state index contributed by atoms with van der Waals surface area (Å²) in [4.78, 5) is 31.0. The SMILES string of the molecule is Cc1cc(F)ccc1C(=O)N1CCN(C)C2(CCC(=O)N(C)CC2)C1. The van der Waals surface area contributed by atoms with E-state index < -0.39 is 0 Å². The maximum Gasteiger partial charge on any atom is 0.254 e. The van der Waals surface area contributed by atoms with Gasteiger partial charge in [-0.15, -0.1) is 0 Å². The van der Waals surface area contributed by atoms with Crippen molar-refractivity contribution in [2.45, 2.75) is 31.7 Å². The first-order valence-electron chi connectivity index (χ1n) is 8.83. The lowest BCUT2D eigenvalue weighted by Crippen LogP contribution is -2.62. The summed E-state index contributed by atoms with van der Waals surface area (Å²) in [6.45, 7) is 4.52. The van der Waals surface area contributed by atoms with Crippen LogP contribution in [0, 0.1) is 12.7 Å². The number of likely N-dealkylation sites (tertiary alicyclic amines) is 1. The predicted molar refractivity (Wildman–Crippen MR) is 93.9 cm³/mol. The Bertz CT molecular complexity index is 693. The molecule has 2 aliphatic rings. The molecule has 1 atom stereocenters. The molecule has 6 heteroatoms. The highest BCUT2D eigenvalue weighted by atomic mass is 19.1. The lowest BCUT2D eigenvalue weighted by molar-refractivity contribution is -0.129. The number of piperazine rings is 1. The normalized spacial score (nSPS) is 25.4. The Hall–Kier alpha value is -1.95. The van der Waals surface area contributed by atoms with Crippen molar-refractivity contribution in [3.8, 4) is 0 Å². The van der Waals surface area contributed by atoms with Crippen LogP contribution in [-0.4, -0.2) is 72.3 Å². The van der Waals surface area contributed by atoms with Gasteiger partial charge in [-0.25, -0.2) is 4.39 Å². The quantitative estimate of drug-likeness (QED) is 0.779. The van der Waals surface area contributed by atoms with E-state index in [0.29, 0.717) is 37.2 Å². The molecule has 2 heterocycles. The Kier molecular flexibility index (Phi) is 4.82. The second-order valence-electron chi connectivity index (χ2n) is 7.40. The van der Waals surface area contributed by atoms with E-state index in [2.05, 4.69) is 11.9 Å². The highest BCUT2D eigenvalue weighted by Gasteiger charge is 2.43. The fourth-order valence-electron chi connectivity index (χ4n) is 3.97. The van der Waals surface area contributed by atoms with Crippen molar-refractivity contribution in [1.82, 2.24) is 14.7 Å². The Morgan fingerprint density at radius 1 is 1.16 bits per heavy atom. The molecule has 0 saturated carbocycles. The van der Waals surface area contributed by atoms with E-state index in [9.17, 15) is 14.0 Å². The summed E-state index contributed by atoms with van der Waals surface area (Å²) in [7, 11) is 3.93. The summed E-state index contributed by atoms with van der Waals surface area (Å²) in [5.41, 5.74) is 1.05. The number of aryl methyl sites for hydroxylation is 1. The Morgan fingerprint density at radius 2 is 1.92 bits per heavy atom. The van der Waals surface area contributed by atoms with Gasteiger partial charge in [0.15, 0.2) is 0 Å². The summed E-state index contributed by atoms with van der Waals surface area (Å²) >= 11 is 0. The van der Waals surface area contributed by atoms with Crippen LogP contribution in [-0.2, 0) is 4.79 Å². The molecule has 0 radical (unpaired) electrons. The van der Waals surface area contributed by atoms with Crippen molar-refractivity contribution in [2.24, 2.45) is 0 Å². The molecule has 0 aromatic heterocycles. The van der Waals surface area contributed by atoms with Crippen LogP contribution in [0.15, 0.2) is 18.2 Å². The van der Waals surface area contributed by atoms with E-state index in [1.165, 1.54) is 12.1 Å². The zero-order valence-corrected chi connectivity index (χ0v) is 15.2. The second-order valence-corrected chi connectivity index (χ2v) is 7.40. The number of hydrogen-bond acceptors (Lipinski definition) is 3. The lowest BCUT2D eigenvalue weighted by Gasteiger charge is -2.49. The topological polar surface area (TPSA) is 43.9 Å². The molecule has 2 amide bonds. The van der Waals surface area contributed by atoms with Gasteiger partial charge in [0, 0.05) is 50.7 Å². The third kappa shape index (κ3) is 3.40. The van der Waals surface area contributed by atoms with Crippen molar-refractivity contribution in [3.63, 3.8) is 0 Å². The number of hydrogen-bond donors (Lipinski definition) is 0. The van der Waals surface area contributed by atoms with Gasteiger partial charge in [-0.1, -0.05) is 0 Å². The standard InChI is InChI=1S/C19H26FN3O2/c1-14-12-15(20)4-5-16(14)18(25)23-11-10-22(3)19(13-23)7-6-17(24)21(2)9-8-19/h4-5,12H,6-11,13H2,1-3H3. The van der Waals surface area contributed by atoms with Gasteiger partial charge in [0.1, 0.15) is 5.82 Å². The largest absolute Gasteiger partial charge is 0.346 e. The average Bonchev–Trinajstić information content (AvgIpc) is 2.71. The van der Waals surface area contributed by atoms with Crippen molar-refractivity contribution < 1.29 is 14.0 Å². The molecule has 1 aromatic carbocycles. The van der Waals surface area contributed by atoms with E-state index >= 15 is 0 Å². The Balaban J connectivity index is 1.82. The fraction of sp³-hybridized carbons (Fsp3) is 0.579. The van der Waals surface area contributed by atoms with Crippen LogP contribution in [0.2, 0.25) is 0 Å². The zero-order valence-electron chi connectivity index (χ0n) is 15.2. The minimum Gasteiger partial charge on any atom is -0.346 e. The Morgan fingerprint density at radius 3 is 2.64 bits per heavy atom. The van der Waals surface area contributed by atoms with Gasteiger partial charge in [0.25, 0.3) is 5.91 Å². The summed E-state index contributed by atoms with van der Waals surface area (Å²) in [5, 5.41) is 0. The van der Waals surface area contributed by atoms with Crippen molar-refractivity contribution in [3.05, 3.63) is 35.1 Å². The molecule has 25 heavy (non-hydrogen) atoms. The van der Waals surface area contributed by atoms with Crippen LogP contribution in [0.25, 0.3) is 0 Å². The van der Waals surface area contributed by atoms with E-state index in [-0.39, 0.29) is 23.2 Å². The van der Waals surface area contributed by atoms with Crippen molar-refractivity contribution >= 4 is 11.8 Å². The smallest absolute Gasteiger partial charge is 0.254 e. The third-order valence-corrected chi connectivity index (χ3v) is 5.85. The van der Waals surface area contributed by atoms with Crippen LogP contribution in [0.4, 0.5) is 4.39 Å². The molecule has 2 saturated heterocycles.